The first kappa shape index (κ1) is 19.4. The molecule has 0 aliphatic carbocycles. The van der Waals surface area contributed by atoms with Crippen LogP contribution in [0.4, 0.5) is 0 Å². The second-order valence-electron chi connectivity index (χ2n) is 5.74. The van der Waals surface area contributed by atoms with E-state index in [1.807, 2.05) is 18.2 Å². The van der Waals surface area contributed by atoms with Crippen molar-refractivity contribution >= 4 is 0 Å². The van der Waals surface area contributed by atoms with Gasteiger partial charge >= 0.3 is 0 Å². The predicted octanol–water partition coefficient (Wildman–Crippen LogP) is 6.95. The summed E-state index contributed by atoms with van der Waals surface area (Å²) in [4.78, 5) is 0. The zero-order chi connectivity index (χ0) is 16.3. The van der Waals surface area contributed by atoms with E-state index in [9.17, 15) is 0 Å². The Morgan fingerprint density at radius 3 is 1.95 bits per heavy atom. The summed E-state index contributed by atoms with van der Waals surface area (Å²) in [5.41, 5.74) is 4.15. The van der Waals surface area contributed by atoms with Gasteiger partial charge < -0.3 is 0 Å². The van der Waals surface area contributed by atoms with Crippen LogP contribution < -0.4 is 0 Å². The quantitative estimate of drug-likeness (QED) is 0.360. The first-order chi connectivity index (χ1) is 9.92. The van der Waals surface area contributed by atoms with E-state index < -0.39 is 0 Å². The van der Waals surface area contributed by atoms with Crippen molar-refractivity contribution in [3.05, 3.63) is 72.9 Å². The van der Waals surface area contributed by atoms with Crippen molar-refractivity contribution in [2.75, 3.05) is 0 Å². The maximum absolute atomic E-state index is 4.15. The molecular formula is C21H32. The van der Waals surface area contributed by atoms with Gasteiger partial charge in [0.15, 0.2) is 0 Å². The van der Waals surface area contributed by atoms with E-state index in [1.54, 1.807) is 0 Å². The lowest BCUT2D eigenvalue weighted by molar-refractivity contribution is 0.582. The van der Waals surface area contributed by atoms with Gasteiger partial charge in [0.05, 0.1) is 0 Å². The second kappa shape index (κ2) is 11.1. The highest BCUT2D eigenvalue weighted by Gasteiger charge is 2.03. The minimum absolute atomic E-state index is 0.530. The number of hydrogen-bond acceptors (Lipinski definition) is 0. The van der Waals surface area contributed by atoms with E-state index in [2.05, 4.69) is 53.2 Å². The molecule has 0 bridgehead atoms. The summed E-state index contributed by atoms with van der Waals surface area (Å²) in [6.45, 7) is 22.9. The molecule has 1 unspecified atom stereocenters. The van der Waals surface area contributed by atoms with Crippen LogP contribution in [0.25, 0.3) is 0 Å². The standard InChI is InChI=1S/C21H32/c1-8-10-12-18(4)20(6)15-16-21(7)19(5)14-13-17(3)11-9-2/h13-16,18H,3,5-12H2,1-2,4H3/b14-13-,16-15-. The number of hydrogen-bond donors (Lipinski definition) is 0. The third-order valence-electron chi connectivity index (χ3n) is 3.63. The molecule has 0 heterocycles. The zero-order valence-electron chi connectivity index (χ0n) is 14.3. The Hall–Kier alpha value is -1.56. The van der Waals surface area contributed by atoms with Crippen LogP contribution in [0.15, 0.2) is 72.9 Å². The average Bonchev–Trinajstić information content (AvgIpc) is 2.47. The zero-order valence-corrected chi connectivity index (χ0v) is 14.3. The summed E-state index contributed by atoms with van der Waals surface area (Å²) >= 11 is 0. The molecule has 21 heavy (non-hydrogen) atoms. The number of allylic oxidation sites excluding steroid dienone is 8. The summed E-state index contributed by atoms with van der Waals surface area (Å²) in [5, 5.41) is 0. The molecule has 0 N–H and O–H groups in total. The summed E-state index contributed by atoms with van der Waals surface area (Å²) in [6, 6.07) is 0. The van der Waals surface area contributed by atoms with Crippen LogP contribution >= 0.6 is 0 Å². The van der Waals surface area contributed by atoms with Gasteiger partial charge in [-0.15, -0.1) is 0 Å². The first-order valence-corrected chi connectivity index (χ1v) is 8.03. The molecule has 0 nitrogen and oxygen atoms in total. The number of rotatable bonds is 11. The monoisotopic (exact) mass is 284 g/mol. The van der Waals surface area contributed by atoms with E-state index in [0.29, 0.717) is 5.92 Å². The van der Waals surface area contributed by atoms with Crippen LogP contribution in [-0.2, 0) is 0 Å². The Labute approximate surface area is 132 Å². The summed E-state index contributed by atoms with van der Waals surface area (Å²) < 4.78 is 0. The molecular weight excluding hydrogens is 252 g/mol. The van der Waals surface area contributed by atoms with Crippen LogP contribution in [0, 0.1) is 5.92 Å². The van der Waals surface area contributed by atoms with Gasteiger partial charge in [-0.25, -0.2) is 0 Å². The lowest BCUT2D eigenvalue weighted by Gasteiger charge is -2.10. The fraction of sp³-hybridized carbons (Fsp3) is 0.429. The van der Waals surface area contributed by atoms with Crippen LogP contribution in [0.3, 0.4) is 0 Å². The van der Waals surface area contributed by atoms with Crippen molar-refractivity contribution in [2.24, 2.45) is 5.92 Å². The lowest BCUT2D eigenvalue weighted by Crippen LogP contribution is -1.95. The molecule has 0 saturated carbocycles. The van der Waals surface area contributed by atoms with E-state index in [1.165, 1.54) is 19.3 Å². The molecule has 0 heteroatoms. The van der Waals surface area contributed by atoms with Crippen molar-refractivity contribution in [3.8, 4) is 0 Å². The molecule has 0 aromatic heterocycles. The largest absolute Gasteiger partial charge is 0.0958 e. The molecule has 0 fully saturated rings. The van der Waals surface area contributed by atoms with Crippen molar-refractivity contribution in [1.82, 2.24) is 0 Å². The van der Waals surface area contributed by atoms with Crippen LogP contribution in [-0.4, -0.2) is 0 Å². The van der Waals surface area contributed by atoms with E-state index >= 15 is 0 Å². The SMILES string of the molecule is C=C(/C=C\C(=C)C(=C)/C=C\C(=C)C(C)CCCC)CCC. The van der Waals surface area contributed by atoms with E-state index in [-0.39, 0.29) is 0 Å². The summed E-state index contributed by atoms with van der Waals surface area (Å²) in [6.07, 6.45) is 13.9. The molecule has 0 radical (unpaired) electrons. The lowest BCUT2D eigenvalue weighted by atomic mass is 9.95. The summed E-state index contributed by atoms with van der Waals surface area (Å²) in [5.74, 6) is 0.530. The molecule has 1 atom stereocenters. The molecule has 0 aromatic carbocycles. The highest BCUT2D eigenvalue weighted by Crippen LogP contribution is 2.19. The molecule has 0 rings (SSSR count). The highest BCUT2D eigenvalue weighted by atomic mass is 14.1. The Kier molecular flexibility index (Phi) is 10.3. The molecule has 0 aliphatic rings. The fourth-order valence-corrected chi connectivity index (χ4v) is 1.90. The Morgan fingerprint density at radius 1 is 0.857 bits per heavy atom. The van der Waals surface area contributed by atoms with Crippen molar-refractivity contribution < 1.29 is 0 Å². The Bertz CT molecular complexity index is 429. The molecule has 116 valence electrons. The maximum atomic E-state index is 4.15. The first-order valence-electron chi connectivity index (χ1n) is 8.03. The van der Waals surface area contributed by atoms with Gasteiger partial charge in [0, 0.05) is 0 Å². The Morgan fingerprint density at radius 2 is 1.43 bits per heavy atom. The van der Waals surface area contributed by atoms with E-state index in [4.69, 9.17) is 0 Å². The minimum atomic E-state index is 0.530. The van der Waals surface area contributed by atoms with Crippen LogP contribution in [0.1, 0.15) is 52.9 Å². The average molecular weight is 284 g/mol. The van der Waals surface area contributed by atoms with Gasteiger partial charge in [-0.1, -0.05) is 102 Å². The molecule has 0 amide bonds. The van der Waals surface area contributed by atoms with Gasteiger partial charge in [0.25, 0.3) is 0 Å². The molecule has 0 aromatic rings. The second-order valence-corrected chi connectivity index (χ2v) is 5.74. The van der Waals surface area contributed by atoms with Crippen molar-refractivity contribution in [2.45, 2.75) is 52.9 Å². The van der Waals surface area contributed by atoms with Crippen molar-refractivity contribution in [1.29, 1.82) is 0 Å². The van der Waals surface area contributed by atoms with E-state index in [0.717, 1.165) is 35.1 Å². The fourth-order valence-electron chi connectivity index (χ4n) is 1.90. The van der Waals surface area contributed by atoms with Crippen molar-refractivity contribution in [3.63, 3.8) is 0 Å². The van der Waals surface area contributed by atoms with Crippen LogP contribution in [0.2, 0.25) is 0 Å². The molecule has 0 aliphatic heterocycles. The third kappa shape index (κ3) is 9.07. The van der Waals surface area contributed by atoms with Crippen LogP contribution in [0.5, 0.6) is 0 Å². The van der Waals surface area contributed by atoms with Gasteiger partial charge in [0.1, 0.15) is 0 Å². The highest BCUT2D eigenvalue weighted by molar-refractivity contribution is 5.45. The summed E-state index contributed by atoms with van der Waals surface area (Å²) in [7, 11) is 0. The van der Waals surface area contributed by atoms with Gasteiger partial charge in [-0.2, -0.15) is 0 Å². The smallest absolute Gasteiger partial charge is 0.0196 e. The molecule has 0 saturated heterocycles. The maximum Gasteiger partial charge on any atom is -0.0196 e. The van der Waals surface area contributed by atoms with Gasteiger partial charge in [-0.3, -0.25) is 0 Å². The minimum Gasteiger partial charge on any atom is -0.0958 e. The topological polar surface area (TPSA) is 0 Å². The number of unbranched alkanes of at least 4 members (excludes halogenated alkanes) is 1. The normalized spacial score (nSPS) is 12.7. The Balaban J connectivity index is 4.40. The van der Waals surface area contributed by atoms with Gasteiger partial charge in [-0.05, 0) is 29.9 Å². The van der Waals surface area contributed by atoms with Gasteiger partial charge in [0.2, 0.25) is 0 Å². The predicted molar refractivity (Wildman–Crippen MR) is 98.4 cm³/mol. The third-order valence-corrected chi connectivity index (χ3v) is 3.63. The molecule has 0 spiro atoms.